The van der Waals surface area contributed by atoms with Gasteiger partial charge in [0.25, 0.3) is 5.91 Å². The number of carbonyl (C=O) groups is 1. The highest BCUT2D eigenvalue weighted by Gasteiger charge is 2.28. The molecule has 1 atom stereocenters. The summed E-state index contributed by atoms with van der Waals surface area (Å²) in [4.78, 5) is 23.9. The van der Waals surface area contributed by atoms with Gasteiger partial charge in [0.1, 0.15) is 11.6 Å². The Kier molecular flexibility index (Phi) is 5.37. The van der Waals surface area contributed by atoms with Crippen molar-refractivity contribution in [3.05, 3.63) is 78.1 Å². The van der Waals surface area contributed by atoms with Crippen LogP contribution in [0.15, 0.2) is 61.1 Å². The van der Waals surface area contributed by atoms with Crippen molar-refractivity contribution in [3.63, 3.8) is 0 Å². The molecule has 1 saturated heterocycles. The molecule has 0 saturated carbocycles. The fraction of sp³-hybridized carbons (Fsp3) is 0.318. The Balaban J connectivity index is 1.48. The van der Waals surface area contributed by atoms with E-state index >= 15 is 0 Å². The lowest BCUT2D eigenvalue weighted by atomic mass is 9.96. The number of hydrogen-bond acceptors (Lipinski definition) is 4. The summed E-state index contributed by atoms with van der Waals surface area (Å²) >= 11 is 0. The van der Waals surface area contributed by atoms with Crippen molar-refractivity contribution in [1.29, 1.82) is 0 Å². The summed E-state index contributed by atoms with van der Waals surface area (Å²) in [5.74, 6) is 2.08. The van der Waals surface area contributed by atoms with Gasteiger partial charge in [-0.15, -0.1) is 0 Å². The molecule has 1 amide bonds. The fourth-order valence-corrected chi connectivity index (χ4v) is 3.77. The van der Waals surface area contributed by atoms with E-state index in [1.165, 1.54) is 0 Å². The number of imidazole rings is 1. The molecule has 1 aliphatic heterocycles. The van der Waals surface area contributed by atoms with Crippen LogP contribution in [0, 0.1) is 0 Å². The number of piperidine rings is 1. The first-order valence-corrected chi connectivity index (χ1v) is 9.59. The minimum absolute atomic E-state index is 0.0650. The van der Waals surface area contributed by atoms with E-state index in [1.807, 2.05) is 66.0 Å². The number of pyridine rings is 1. The van der Waals surface area contributed by atoms with Crippen molar-refractivity contribution in [2.24, 2.45) is 0 Å². The van der Waals surface area contributed by atoms with E-state index in [1.54, 1.807) is 7.11 Å². The Morgan fingerprint density at radius 3 is 2.75 bits per heavy atom. The zero-order chi connectivity index (χ0) is 19.3. The largest absolute Gasteiger partial charge is 0.497 e. The first-order valence-electron chi connectivity index (χ1n) is 9.59. The average Bonchev–Trinajstić information content (AvgIpc) is 3.22. The topological polar surface area (TPSA) is 60.2 Å². The van der Waals surface area contributed by atoms with Gasteiger partial charge in [-0.25, -0.2) is 4.98 Å². The van der Waals surface area contributed by atoms with E-state index in [4.69, 9.17) is 4.74 Å². The number of amides is 1. The molecule has 1 aliphatic rings. The smallest absolute Gasteiger partial charge is 0.253 e. The van der Waals surface area contributed by atoms with Crippen LogP contribution in [0.1, 0.15) is 40.6 Å². The molecule has 0 bridgehead atoms. The molecule has 4 rings (SSSR count). The summed E-state index contributed by atoms with van der Waals surface area (Å²) < 4.78 is 7.33. The van der Waals surface area contributed by atoms with Gasteiger partial charge in [0.2, 0.25) is 0 Å². The lowest BCUT2D eigenvalue weighted by Crippen LogP contribution is -2.39. The van der Waals surface area contributed by atoms with Gasteiger partial charge in [0.05, 0.1) is 19.3 Å². The van der Waals surface area contributed by atoms with Crippen molar-refractivity contribution < 1.29 is 9.53 Å². The summed E-state index contributed by atoms with van der Waals surface area (Å²) in [7, 11) is 1.62. The van der Waals surface area contributed by atoms with E-state index in [0.717, 1.165) is 36.7 Å². The molecule has 2 aromatic heterocycles. The van der Waals surface area contributed by atoms with E-state index in [-0.39, 0.29) is 11.8 Å². The summed E-state index contributed by atoms with van der Waals surface area (Å²) in [5, 5.41) is 0. The average molecular weight is 376 g/mol. The molecule has 0 radical (unpaired) electrons. The number of benzene rings is 1. The molecule has 1 fully saturated rings. The van der Waals surface area contributed by atoms with Gasteiger partial charge < -0.3 is 14.2 Å². The van der Waals surface area contributed by atoms with E-state index < -0.39 is 0 Å². The van der Waals surface area contributed by atoms with Crippen molar-refractivity contribution in [2.45, 2.75) is 25.3 Å². The van der Waals surface area contributed by atoms with Crippen molar-refractivity contribution in [3.8, 4) is 5.75 Å². The van der Waals surface area contributed by atoms with Crippen LogP contribution in [0.2, 0.25) is 0 Å². The van der Waals surface area contributed by atoms with Crippen molar-refractivity contribution in [1.82, 2.24) is 19.4 Å². The molecule has 6 nitrogen and oxygen atoms in total. The van der Waals surface area contributed by atoms with Crippen LogP contribution in [0.3, 0.4) is 0 Å². The Bertz CT molecular complexity index is 921. The molecule has 144 valence electrons. The second-order valence-electron chi connectivity index (χ2n) is 7.05. The number of aromatic nitrogens is 3. The molecule has 1 unspecified atom stereocenters. The number of carbonyl (C=O) groups excluding carboxylic acids is 1. The standard InChI is InChI=1S/C22H24N4O2/c1-28-20-9-7-17(8-10-20)22(27)26-13-4-5-18(15-26)21-24-12-14-25(21)16-19-6-2-3-11-23-19/h2-3,6-12,14,18H,4-5,13,15-16H2,1H3. The normalized spacial score (nSPS) is 16.8. The van der Waals surface area contributed by atoms with Gasteiger partial charge in [-0.3, -0.25) is 9.78 Å². The molecular formula is C22H24N4O2. The number of nitrogens with zero attached hydrogens (tertiary/aromatic N) is 4. The van der Waals surface area contributed by atoms with Crippen LogP contribution in [-0.2, 0) is 6.54 Å². The van der Waals surface area contributed by atoms with Crippen LogP contribution in [-0.4, -0.2) is 45.5 Å². The van der Waals surface area contributed by atoms with Crippen LogP contribution in [0.4, 0.5) is 0 Å². The Hall–Kier alpha value is -3.15. The number of hydrogen-bond donors (Lipinski definition) is 0. The summed E-state index contributed by atoms with van der Waals surface area (Å²) in [6.45, 7) is 2.16. The minimum Gasteiger partial charge on any atom is -0.497 e. The second kappa shape index (κ2) is 8.25. The van der Waals surface area contributed by atoms with Crippen LogP contribution in [0.5, 0.6) is 5.75 Å². The molecule has 6 heteroatoms. The molecular weight excluding hydrogens is 352 g/mol. The maximum absolute atomic E-state index is 12.9. The fourth-order valence-electron chi connectivity index (χ4n) is 3.77. The third kappa shape index (κ3) is 3.91. The van der Waals surface area contributed by atoms with Gasteiger partial charge in [-0.1, -0.05) is 6.07 Å². The van der Waals surface area contributed by atoms with Crippen LogP contribution in [0.25, 0.3) is 0 Å². The van der Waals surface area contributed by atoms with E-state index in [0.29, 0.717) is 18.7 Å². The Morgan fingerprint density at radius 2 is 2.00 bits per heavy atom. The van der Waals surface area contributed by atoms with Gasteiger partial charge in [0, 0.05) is 43.2 Å². The van der Waals surface area contributed by atoms with E-state index in [9.17, 15) is 4.79 Å². The van der Waals surface area contributed by atoms with Gasteiger partial charge in [0.15, 0.2) is 0 Å². The number of rotatable bonds is 5. The highest BCUT2D eigenvalue weighted by Crippen LogP contribution is 2.27. The molecule has 1 aromatic carbocycles. The summed E-state index contributed by atoms with van der Waals surface area (Å²) in [6, 6.07) is 13.2. The number of ether oxygens (including phenoxy) is 1. The zero-order valence-corrected chi connectivity index (χ0v) is 16.0. The second-order valence-corrected chi connectivity index (χ2v) is 7.05. The SMILES string of the molecule is COc1ccc(C(=O)N2CCCC(c3nccn3Cc3ccccn3)C2)cc1. The predicted octanol–water partition coefficient (Wildman–Crippen LogP) is 3.35. The van der Waals surface area contributed by atoms with Crippen LogP contribution < -0.4 is 4.74 Å². The maximum Gasteiger partial charge on any atom is 0.253 e. The lowest BCUT2D eigenvalue weighted by Gasteiger charge is -2.32. The first kappa shape index (κ1) is 18.2. The molecule has 28 heavy (non-hydrogen) atoms. The van der Waals surface area contributed by atoms with Crippen LogP contribution >= 0.6 is 0 Å². The number of likely N-dealkylation sites (tertiary alicyclic amines) is 1. The minimum atomic E-state index is 0.0650. The van der Waals surface area contributed by atoms with Gasteiger partial charge in [-0.05, 0) is 49.2 Å². The molecule has 3 heterocycles. The molecule has 0 aliphatic carbocycles. The monoisotopic (exact) mass is 376 g/mol. The van der Waals surface area contributed by atoms with Crippen molar-refractivity contribution >= 4 is 5.91 Å². The highest BCUT2D eigenvalue weighted by molar-refractivity contribution is 5.94. The maximum atomic E-state index is 12.9. The van der Waals surface area contributed by atoms with Crippen molar-refractivity contribution in [2.75, 3.05) is 20.2 Å². The summed E-state index contributed by atoms with van der Waals surface area (Å²) in [5.41, 5.74) is 1.70. The third-order valence-electron chi connectivity index (χ3n) is 5.22. The predicted molar refractivity (Wildman–Crippen MR) is 106 cm³/mol. The highest BCUT2D eigenvalue weighted by atomic mass is 16.5. The quantitative estimate of drug-likeness (QED) is 0.685. The number of methoxy groups -OCH3 is 1. The van der Waals surface area contributed by atoms with Gasteiger partial charge >= 0.3 is 0 Å². The lowest BCUT2D eigenvalue weighted by molar-refractivity contribution is 0.0703. The summed E-state index contributed by atoms with van der Waals surface area (Å²) in [6.07, 6.45) is 7.65. The van der Waals surface area contributed by atoms with E-state index in [2.05, 4.69) is 14.5 Å². The van der Waals surface area contributed by atoms with Gasteiger partial charge in [-0.2, -0.15) is 0 Å². The zero-order valence-electron chi connectivity index (χ0n) is 16.0. The molecule has 0 spiro atoms. The molecule has 3 aromatic rings. The Labute approximate surface area is 164 Å². The first-order chi connectivity index (χ1) is 13.7. The molecule has 0 N–H and O–H groups in total. The Morgan fingerprint density at radius 1 is 1.14 bits per heavy atom. The third-order valence-corrected chi connectivity index (χ3v) is 5.22.